The Labute approximate surface area is 195 Å². The van der Waals surface area contributed by atoms with E-state index in [2.05, 4.69) is 10.6 Å². The summed E-state index contributed by atoms with van der Waals surface area (Å²) >= 11 is 0. The van der Waals surface area contributed by atoms with Crippen LogP contribution < -0.4 is 15.4 Å². The third-order valence-electron chi connectivity index (χ3n) is 5.90. The van der Waals surface area contributed by atoms with Gasteiger partial charge < -0.3 is 20.3 Å². The molecule has 1 saturated heterocycles. The molecule has 1 unspecified atom stereocenters. The lowest BCUT2D eigenvalue weighted by molar-refractivity contribution is -0.124. The Morgan fingerprint density at radius 2 is 1.67 bits per heavy atom. The summed E-state index contributed by atoms with van der Waals surface area (Å²) in [4.78, 5) is 40.6. The van der Waals surface area contributed by atoms with E-state index in [1.54, 1.807) is 31.4 Å². The van der Waals surface area contributed by atoms with Crippen molar-refractivity contribution < 1.29 is 19.1 Å². The molecule has 176 valence electrons. The first-order valence-electron chi connectivity index (χ1n) is 11.5. The molecular weight excluding hydrogens is 418 g/mol. The molecular formula is C26H33N3O4. The van der Waals surface area contributed by atoms with Crippen LogP contribution in [0.2, 0.25) is 0 Å². The molecule has 7 nitrogen and oxygen atoms in total. The van der Waals surface area contributed by atoms with Crippen LogP contribution in [0.4, 0.5) is 0 Å². The third-order valence-corrected chi connectivity index (χ3v) is 5.90. The summed E-state index contributed by atoms with van der Waals surface area (Å²) in [6.45, 7) is 5.67. The lowest BCUT2D eigenvalue weighted by atomic mass is 9.88. The number of amides is 3. The van der Waals surface area contributed by atoms with Crippen LogP contribution in [0, 0.1) is 11.8 Å². The second-order valence-corrected chi connectivity index (χ2v) is 8.82. The molecule has 1 aliphatic rings. The van der Waals surface area contributed by atoms with Gasteiger partial charge in [0.05, 0.1) is 7.11 Å². The molecule has 1 aliphatic heterocycles. The summed E-state index contributed by atoms with van der Waals surface area (Å²) < 4.78 is 5.21. The van der Waals surface area contributed by atoms with Gasteiger partial charge in [0.1, 0.15) is 11.8 Å². The molecule has 0 bridgehead atoms. The molecule has 3 amide bonds. The standard InChI is InChI=1S/C26H33N3O4/c1-18(2)17-27-25(31)23(28-24(30)21-10-7-11-22(16-21)33-3)19-12-14-29(15-13-19)26(32)20-8-5-4-6-9-20/h4-11,16,18-19,23H,12-15,17H2,1-3H3,(H,27,31)(H,28,30). The van der Waals surface area contributed by atoms with Gasteiger partial charge in [0.15, 0.2) is 0 Å². The molecule has 0 radical (unpaired) electrons. The van der Waals surface area contributed by atoms with Gasteiger partial charge in [-0.2, -0.15) is 0 Å². The van der Waals surface area contributed by atoms with Gasteiger partial charge in [-0.15, -0.1) is 0 Å². The van der Waals surface area contributed by atoms with E-state index in [0.29, 0.717) is 55.3 Å². The number of rotatable bonds is 8. The highest BCUT2D eigenvalue weighted by molar-refractivity contribution is 5.98. The van der Waals surface area contributed by atoms with Gasteiger partial charge in [-0.25, -0.2) is 0 Å². The molecule has 3 rings (SSSR count). The maximum atomic E-state index is 13.0. The van der Waals surface area contributed by atoms with Crippen molar-refractivity contribution in [2.24, 2.45) is 11.8 Å². The minimum absolute atomic E-state index is 0.00437. The summed E-state index contributed by atoms with van der Waals surface area (Å²) in [7, 11) is 1.55. The third kappa shape index (κ3) is 6.57. The van der Waals surface area contributed by atoms with Crippen LogP contribution in [0.15, 0.2) is 54.6 Å². The summed E-state index contributed by atoms with van der Waals surface area (Å²) in [5, 5.41) is 5.90. The summed E-state index contributed by atoms with van der Waals surface area (Å²) in [6, 6.07) is 15.4. The van der Waals surface area contributed by atoms with Crippen molar-refractivity contribution in [3.05, 3.63) is 65.7 Å². The van der Waals surface area contributed by atoms with Crippen molar-refractivity contribution in [3.8, 4) is 5.75 Å². The minimum atomic E-state index is -0.670. The van der Waals surface area contributed by atoms with E-state index < -0.39 is 6.04 Å². The fourth-order valence-corrected chi connectivity index (χ4v) is 4.00. The SMILES string of the molecule is COc1cccc(C(=O)NC(C(=O)NCC(C)C)C2CCN(C(=O)c3ccccc3)CC2)c1. The number of likely N-dealkylation sites (tertiary alicyclic amines) is 1. The van der Waals surface area contributed by atoms with Crippen LogP contribution in [0.3, 0.4) is 0 Å². The first kappa shape index (κ1) is 24.3. The van der Waals surface area contributed by atoms with E-state index in [4.69, 9.17) is 4.74 Å². The van der Waals surface area contributed by atoms with Crippen molar-refractivity contribution >= 4 is 17.7 Å². The predicted octanol–water partition coefficient (Wildman–Crippen LogP) is 3.12. The van der Waals surface area contributed by atoms with Crippen molar-refractivity contribution in [1.29, 1.82) is 0 Å². The van der Waals surface area contributed by atoms with Gasteiger partial charge in [0.25, 0.3) is 11.8 Å². The van der Waals surface area contributed by atoms with Gasteiger partial charge >= 0.3 is 0 Å². The zero-order valence-electron chi connectivity index (χ0n) is 19.5. The molecule has 1 atom stereocenters. The maximum Gasteiger partial charge on any atom is 0.253 e. The Balaban J connectivity index is 1.69. The lowest BCUT2D eigenvalue weighted by Crippen LogP contribution is -2.54. The van der Waals surface area contributed by atoms with Crippen LogP contribution in [-0.4, -0.2) is 55.4 Å². The van der Waals surface area contributed by atoms with E-state index >= 15 is 0 Å². The van der Waals surface area contributed by atoms with Gasteiger partial charge in [-0.3, -0.25) is 14.4 Å². The zero-order chi connectivity index (χ0) is 23.8. The highest BCUT2D eigenvalue weighted by atomic mass is 16.5. The van der Waals surface area contributed by atoms with Gasteiger partial charge in [-0.1, -0.05) is 38.1 Å². The summed E-state index contributed by atoms with van der Waals surface area (Å²) in [5.74, 6) is 0.307. The maximum absolute atomic E-state index is 13.0. The number of nitrogens with one attached hydrogen (secondary N) is 2. The molecule has 33 heavy (non-hydrogen) atoms. The number of ether oxygens (including phenoxy) is 1. The van der Waals surface area contributed by atoms with Crippen molar-refractivity contribution in [2.75, 3.05) is 26.7 Å². The van der Waals surface area contributed by atoms with Gasteiger partial charge in [-0.05, 0) is 55.0 Å². The molecule has 2 aromatic carbocycles. The number of nitrogens with zero attached hydrogens (tertiary/aromatic N) is 1. The smallest absolute Gasteiger partial charge is 0.253 e. The van der Waals surface area contributed by atoms with E-state index in [1.165, 1.54) is 0 Å². The largest absolute Gasteiger partial charge is 0.497 e. The molecule has 1 heterocycles. The van der Waals surface area contributed by atoms with Gasteiger partial charge in [0.2, 0.25) is 5.91 Å². The normalized spacial score (nSPS) is 15.1. The number of carbonyl (C=O) groups is 3. The Kier molecular flexibility index (Phi) is 8.46. The topological polar surface area (TPSA) is 87.7 Å². The first-order chi connectivity index (χ1) is 15.9. The molecule has 2 N–H and O–H groups in total. The number of piperidine rings is 1. The van der Waals surface area contributed by atoms with Crippen molar-refractivity contribution in [1.82, 2.24) is 15.5 Å². The van der Waals surface area contributed by atoms with Crippen molar-refractivity contribution in [2.45, 2.75) is 32.7 Å². The second-order valence-electron chi connectivity index (χ2n) is 8.82. The van der Waals surface area contributed by atoms with Crippen LogP contribution in [0.25, 0.3) is 0 Å². The number of carbonyl (C=O) groups excluding carboxylic acids is 3. The Morgan fingerprint density at radius 3 is 2.30 bits per heavy atom. The van der Waals surface area contributed by atoms with Crippen LogP contribution >= 0.6 is 0 Å². The number of methoxy groups -OCH3 is 1. The molecule has 2 aromatic rings. The number of hydrogen-bond donors (Lipinski definition) is 2. The summed E-state index contributed by atoms with van der Waals surface area (Å²) in [5.41, 5.74) is 1.10. The molecule has 0 spiro atoms. The fourth-order valence-electron chi connectivity index (χ4n) is 4.00. The van der Waals surface area contributed by atoms with Crippen LogP contribution in [0.5, 0.6) is 5.75 Å². The average Bonchev–Trinajstić information content (AvgIpc) is 2.86. The van der Waals surface area contributed by atoms with E-state index in [9.17, 15) is 14.4 Å². The molecule has 0 saturated carbocycles. The monoisotopic (exact) mass is 451 g/mol. The van der Waals surface area contributed by atoms with Crippen molar-refractivity contribution in [3.63, 3.8) is 0 Å². The average molecular weight is 452 g/mol. The Hall–Kier alpha value is -3.35. The first-order valence-corrected chi connectivity index (χ1v) is 11.5. The predicted molar refractivity (Wildman–Crippen MR) is 127 cm³/mol. The minimum Gasteiger partial charge on any atom is -0.497 e. The van der Waals surface area contributed by atoms with E-state index in [1.807, 2.05) is 49.1 Å². The van der Waals surface area contributed by atoms with E-state index in [0.717, 1.165) is 0 Å². The number of hydrogen-bond acceptors (Lipinski definition) is 4. The highest BCUT2D eigenvalue weighted by Gasteiger charge is 2.34. The molecule has 0 aliphatic carbocycles. The second kappa shape index (κ2) is 11.5. The van der Waals surface area contributed by atoms with Crippen LogP contribution in [0.1, 0.15) is 47.4 Å². The Bertz CT molecular complexity index is 953. The number of benzene rings is 2. The molecule has 7 heteroatoms. The summed E-state index contributed by atoms with van der Waals surface area (Å²) in [6.07, 6.45) is 1.27. The highest BCUT2D eigenvalue weighted by Crippen LogP contribution is 2.23. The van der Waals surface area contributed by atoms with E-state index in [-0.39, 0.29) is 23.6 Å². The quantitative estimate of drug-likeness (QED) is 0.646. The van der Waals surface area contributed by atoms with Gasteiger partial charge in [0, 0.05) is 30.8 Å². The Morgan fingerprint density at radius 1 is 1.00 bits per heavy atom. The molecule has 0 aromatic heterocycles. The fraction of sp³-hybridized carbons (Fsp3) is 0.423. The zero-order valence-corrected chi connectivity index (χ0v) is 19.5. The molecule has 1 fully saturated rings. The lowest BCUT2D eigenvalue weighted by Gasteiger charge is -2.36. The van der Waals surface area contributed by atoms with Crippen LogP contribution in [-0.2, 0) is 4.79 Å².